The highest BCUT2D eigenvalue weighted by Gasteiger charge is 2.24. The number of anilines is 2. The molecular weight excluding hydrogens is 705 g/mol. The molecular formula is C37H26Cl3N3O5S. The molecule has 49 heavy (non-hydrogen) atoms. The monoisotopic (exact) mass is 729 g/mol. The second-order valence-corrected chi connectivity index (χ2v) is 12.8. The summed E-state index contributed by atoms with van der Waals surface area (Å²) in [6.45, 7) is 0. The van der Waals surface area contributed by atoms with E-state index in [1.807, 2.05) is 30.3 Å². The zero-order valence-corrected chi connectivity index (χ0v) is 28.4. The normalized spacial score (nSPS) is 11.7. The number of hydrogen-bond acceptors (Lipinski definition) is 5. The van der Waals surface area contributed by atoms with Gasteiger partial charge < -0.3 is 21.1 Å². The number of hydrogen-bond donors (Lipinski definition) is 4. The molecule has 5 rings (SSSR count). The summed E-state index contributed by atoms with van der Waals surface area (Å²) in [5.41, 5.74) is 2.00. The quantitative estimate of drug-likeness (QED) is 0.0794. The number of aromatic carboxylic acids is 1. The molecule has 0 aliphatic rings. The van der Waals surface area contributed by atoms with Crippen LogP contribution in [-0.4, -0.2) is 28.8 Å². The molecule has 246 valence electrons. The number of nitrogens with one attached hydrogen (secondary N) is 3. The van der Waals surface area contributed by atoms with E-state index in [9.17, 15) is 24.3 Å². The maximum absolute atomic E-state index is 13.6. The summed E-state index contributed by atoms with van der Waals surface area (Å²) in [5, 5.41) is 17.6. The predicted octanol–water partition coefficient (Wildman–Crippen LogP) is 9.23. The number of carbonyl (C=O) groups is 4. The Kier molecular flexibility index (Phi) is 11.8. The van der Waals surface area contributed by atoms with Gasteiger partial charge in [-0.05, 0) is 77.9 Å². The standard InChI is InChI=1S/C37H26Cl3N3O5S/c38-28-19-14-25(37(47)48)21-30(28)42-36(46)33(22-8-3-1-4-9-22)49-27-17-15-26(16-18-27)41-35(45)31(20-24-12-7-13-29(39)32(24)40)43-34(44)23-10-5-2-6-11-23/h1-21,33H,(H,41,45)(H,42,46)(H,43,44)(H,47,48)/b31-20-. The SMILES string of the molecule is O=C(Nc1ccc(SC(C(=O)Nc2cc(C(=O)O)ccc2Cl)c2ccccc2)cc1)/C(=C/c1cccc(Cl)c1Cl)NC(=O)c1ccccc1. The van der Waals surface area contributed by atoms with Crippen molar-refractivity contribution in [1.29, 1.82) is 0 Å². The fourth-order valence-corrected chi connectivity index (χ4v) is 6.09. The minimum Gasteiger partial charge on any atom is -0.478 e. The topological polar surface area (TPSA) is 125 Å². The third-order valence-corrected chi connectivity index (χ3v) is 9.42. The molecule has 0 saturated heterocycles. The van der Waals surface area contributed by atoms with Gasteiger partial charge in [-0.25, -0.2) is 4.79 Å². The van der Waals surface area contributed by atoms with Crippen LogP contribution in [0.4, 0.5) is 11.4 Å². The van der Waals surface area contributed by atoms with E-state index in [0.29, 0.717) is 27.3 Å². The number of carbonyl (C=O) groups excluding carboxylic acids is 3. The van der Waals surface area contributed by atoms with Crippen molar-refractivity contribution in [2.24, 2.45) is 0 Å². The summed E-state index contributed by atoms with van der Waals surface area (Å²) < 4.78 is 0. The van der Waals surface area contributed by atoms with Crippen molar-refractivity contribution in [1.82, 2.24) is 5.32 Å². The minimum absolute atomic E-state index is 0.0189. The molecule has 1 unspecified atom stereocenters. The fraction of sp³-hybridized carbons (Fsp3) is 0.0270. The van der Waals surface area contributed by atoms with Crippen LogP contribution in [0.15, 0.2) is 132 Å². The molecule has 1 atom stereocenters. The van der Waals surface area contributed by atoms with Crippen molar-refractivity contribution in [2.45, 2.75) is 10.1 Å². The van der Waals surface area contributed by atoms with Crippen LogP contribution in [-0.2, 0) is 9.59 Å². The lowest BCUT2D eigenvalue weighted by atomic mass is 10.1. The molecule has 0 radical (unpaired) electrons. The first kappa shape index (κ1) is 35.3. The lowest BCUT2D eigenvalue weighted by Crippen LogP contribution is -2.30. The molecule has 0 aliphatic carbocycles. The summed E-state index contributed by atoms with van der Waals surface area (Å²) in [6, 6.07) is 33.3. The van der Waals surface area contributed by atoms with Crippen molar-refractivity contribution in [2.75, 3.05) is 10.6 Å². The fourth-order valence-electron chi connectivity index (χ4n) is 4.53. The molecule has 0 heterocycles. The molecule has 0 aromatic heterocycles. The average Bonchev–Trinajstić information content (AvgIpc) is 3.11. The van der Waals surface area contributed by atoms with E-state index in [4.69, 9.17) is 34.8 Å². The molecule has 0 bridgehead atoms. The summed E-state index contributed by atoms with van der Waals surface area (Å²) in [5.74, 6) is -2.67. The van der Waals surface area contributed by atoms with Gasteiger partial charge in [0.2, 0.25) is 5.91 Å². The first-order valence-electron chi connectivity index (χ1n) is 14.6. The molecule has 4 N–H and O–H groups in total. The van der Waals surface area contributed by atoms with E-state index in [1.54, 1.807) is 72.8 Å². The van der Waals surface area contributed by atoms with Crippen molar-refractivity contribution < 1.29 is 24.3 Å². The van der Waals surface area contributed by atoms with Crippen LogP contribution < -0.4 is 16.0 Å². The first-order valence-corrected chi connectivity index (χ1v) is 16.6. The average molecular weight is 731 g/mol. The second kappa shape index (κ2) is 16.4. The van der Waals surface area contributed by atoms with E-state index < -0.39 is 28.9 Å². The van der Waals surface area contributed by atoms with Crippen molar-refractivity contribution in [3.05, 3.63) is 164 Å². The van der Waals surface area contributed by atoms with Crippen LogP contribution in [0.2, 0.25) is 15.1 Å². The molecule has 0 saturated carbocycles. The lowest BCUT2D eigenvalue weighted by Gasteiger charge is -2.18. The Morgan fingerprint density at radius 2 is 1.37 bits per heavy atom. The van der Waals surface area contributed by atoms with Gasteiger partial charge in [0.05, 0.1) is 26.3 Å². The molecule has 8 nitrogen and oxygen atoms in total. The summed E-state index contributed by atoms with van der Waals surface area (Å²) >= 11 is 20.1. The number of benzene rings is 5. The van der Waals surface area contributed by atoms with Crippen molar-refractivity contribution >= 4 is 87.7 Å². The zero-order chi connectivity index (χ0) is 34.9. The highest BCUT2D eigenvalue weighted by atomic mass is 35.5. The molecule has 0 fully saturated rings. The van der Waals surface area contributed by atoms with Crippen molar-refractivity contribution in [3.8, 4) is 0 Å². The maximum Gasteiger partial charge on any atom is 0.335 e. The number of amides is 3. The highest BCUT2D eigenvalue weighted by Crippen LogP contribution is 2.37. The maximum atomic E-state index is 13.6. The number of halogens is 3. The molecule has 5 aromatic rings. The Balaban J connectivity index is 1.35. The Morgan fingerprint density at radius 3 is 2.04 bits per heavy atom. The van der Waals surface area contributed by atoms with Gasteiger partial charge in [-0.15, -0.1) is 11.8 Å². The van der Waals surface area contributed by atoms with Gasteiger partial charge in [0.25, 0.3) is 11.8 Å². The molecule has 3 amide bonds. The summed E-state index contributed by atoms with van der Waals surface area (Å²) in [7, 11) is 0. The van der Waals surface area contributed by atoms with E-state index in [2.05, 4.69) is 16.0 Å². The molecule has 12 heteroatoms. The minimum atomic E-state index is -1.15. The zero-order valence-electron chi connectivity index (χ0n) is 25.3. The number of carboxylic acids is 1. The largest absolute Gasteiger partial charge is 0.478 e. The number of carboxylic acid groups (broad SMARTS) is 1. The number of thioether (sulfide) groups is 1. The third-order valence-electron chi connectivity index (χ3n) is 6.99. The molecule has 0 spiro atoms. The van der Waals surface area contributed by atoms with E-state index >= 15 is 0 Å². The summed E-state index contributed by atoms with van der Waals surface area (Å²) in [6.07, 6.45) is 1.44. The Morgan fingerprint density at radius 1 is 0.694 bits per heavy atom. The van der Waals surface area contributed by atoms with Gasteiger partial charge in [0, 0.05) is 16.1 Å². The molecule has 0 aliphatic heterocycles. The van der Waals surface area contributed by atoms with Gasteiger partial charge in [0.15, 0.2) is 0 Å². The van der Waals surface area contributed by atoms with Crippen LogP contribution >= 0.6 is 46.6 Å². The Labute approximate surface area is 301 Å². The van der Waals surface area contributed by atoms with Gasteiger partial charge in [-0.2, -0.15) is 0 Å². The third kappa shape index (κ3) is 9.31. The second-order valence-electron chi connectivity index (χ2n) is 10.4. The lowest BCUT2D eigenvalue weighted by molar-refractivity contribution is -0.116. The smallest absolute Gasteiger partial charge is 0.335 e. The number of rotatable bonds is 11. The van der Waals surface area contributed by atoms with Crippen LogP contribution in [0, 0.1) is 0 Å². The van der Waals surface area contributed by atoms with Crippen LogP contribution in [0.1, 0.15) is 37.1 Å². The highest BCUT2D eigenvalue weighted by molar-refractivity contribution is 8.00. The van der Waals surface area contributed by atoms with Gasteiger partial charge >= 0.3 is 5.97 Å². The van der Waals surface area contributed by atoms with Crippen LogP contribution in [0.5, 0.6) is 0 Å². The van der Waals surface area contributed by atoms with Crippen molar-refractivity contribution in [3.63, 3.8) is 0 Å². The predicted molar refractivity (Wildman–Crippen MR) is 195 cm³/mol. The van der Waals surface area contributed by atoms with Gasteiger partial charge in [0.1, 0.15) is 10.9 Å². The van der Waals surface area contributed by atoms with E-state index in [-0.39, 0.29) is 32.0 Å². The van der Waals surface area contributed by atoms with E-state index in [0.717, 1.165) is 0 Å². The first-order chi connectivity index (χ1) is 23.6. The van der Waals surface area contributed by atoms with Crippen LogP contribution in [0.25, 0.3) is 6.08 Å². The van der Waals surface area contributed by atoms with Gasteiger partial charge in [-0.3, -0.25) is 14.4 Å². The van der Waals surface area contributed by atoms with Gasteiger partial charge in [-0.1, -0.05) is 95.5 Å². The Bertz CT molecular complexity index is 2040. The summed E-state index contributed by atoms with van der Waals surface area (Å²) in [4.78, 5) is 52.2. The Hall–Kier alpha value is -5.06. The van der Waals surface area contributed by atoms with E-state index in [1.165, 1.54) is 36.0 Å². The molecule has 5 aromatic carbocycles. The van der Waals surface area contributed by atoms with Crippen LogP contribution in [0.3, 0.4) is 0 Å².